The maximum atomic E-state index is 14.3. The van der Waals surface area contributed by atoms with E-state index in [1.54, 1.807) is 19.1 Å². The van der Waals surface area contributed by atoms with Crippen LogP contribution in [-0.2, 0) is 6.42 Å². The van der Waals surface area contributed by atoms with Crippen molar-refractivity contribution in [3.63, 3.8) is 0 Å². The number of ether oxygens (including phenoxy) is 1. The van der Waals surface area contributed by atoms with E-state index in [4.69, 9.17) is 4.74 Å². The van der Waals surface area contributed by atoms with Gasteiger partial charge in [-0.3, -0.25) is 0 Å². The summed E-state index contributed by atoms with van der Waals surface area (Å²) in [5.41, 5.74) is 3.28. The minimum atomic E-state index is -0.368. The molecule has 0 saturated heterocycles. The molecular formula is C16H14F2O. The first-order valence-electron chi connectivity index (χ1n) is 6.36. The number of hydrogen-bond donors (Lipinski definition) is 0. The summed E-state index contributed by atoms with van der Waals surface area (Å²) >= 11 is 0. The van der Waals surface area contributed by atoms with Crippen LogP contribution in [0.2, 0.25) is 0 Å². The maximum Gasteiger partial charge on any atom is 0.169 e. The number of hydrogen-bond acceptors (Lipinski definition) is 1. The first-order chi connectivity index (χ1) is 9.13. The van der Waals surface area contributed by atoms with Crippen molar-refractivity contribution in [3.8, 4) is 16.9 Å². The third-order valence-electron chi connectivity index (χ3n) is 3.59. The van der Waals surface area contributed by atoms with Crippen LogP contribution in [0.15, 0.2) is 24.3 Å². The summed E-state index contributed by atoms with van der Waals surface area (Å²) in [4.78, 5) is 0. The summed E-state index contributed by atoms with van der Waals surface area (Å²) in [7, 11) is 0. The lowest BCUT2D eigenvalue weighted by Crippen LogP contribution is -1.98. The minimum absolute atomic E-state index is 0.231. The topological polar surface area (TPSA) is 9.23 Å². The van der Waals surface area contributed by atoms with Crippen LogP contribution in [0.3, 0.4) is 0 Å². The Labute approximate surface area is 110 Å². The van der Waals surface area contributed by atoms with Crippen molar-refractivity contribution in [1.82, 2.24) is 0 Å². The minimum Gasteiger partial charge on any atom is -0.491 e. The zero-order valence-corrected chi connectivity index (χ0v) is 10.9. The van der Waals surface area contributed by atoms with E-state index in [1.807, 2.05) is 19.1 Å². The Hall–Kier alpha value is -1.90. The first kappa shape index (κ1) is 12.2. The summed E-state index contributed by atoms with van der Waals surface area (Å²) in [5.74, 6) is -0.357. The van der Waals surface area contributed by atoms with E-state index in [9.17, 15) is 8.78 Å². The Morgan fingerprint density at radius 1 is 1.00 bits per heavy atom. The summed E-state index contributed by atoms with van der Waals surface area (Å²) in [6, 6.07) is 7.02. The highest BCUT2D eigenvalue weighted by molar-refractivity contribution is 5.78. The normalized spacial score (nSPS) is 12.2. The van der Waals surface area contributed by atoms with Gasteiger partial charge in [-0.1, -0.05) is 18.2 Å². The second-order valence-corrected chi connectivity index (χ2v) is 4.74. The van der Waals surface area contributed by atoms with Crippen molar-refractivity contribution in [2.75, 3.05) is 6.61 Å². The number of benzene rings is 2. The van der Waals surface area contributed by atoms with Gasteiger partial charge in [-0.2, -0.15) is 0 Å². The Bertz CT molecular complexity index is 662. The van der Waals surface area contributed by atoms with Crippen LogP contribution in [0, 0.1) is 18.6 Å². The third kappa shape index (κ3) is 1.72. The summed E-state index contributed by atoms with van der Waals surface area (Å²) in [6.07, 6.45) is 0.297. The molecule has 19 heavy (non-hydrogen) atoms. The number of fused-ring (bicyclic) bond motifs is 3. The molecule has 0 radical (unpaired) electrons. The van der Waals surface area contributed by atoms with Gasteiger partial charge in [-0.25, -0.2) is 8.78 Å². The van der Waals surface area contributed by atoms with Gasteiger partial charge in [0.25, 0.3) is 0 Å². The van der Waals surface area contributed by atoms with Gasteiger partial charge in [0, 0.05) is 17.5 Å². The zero-order chi connectivity index (χ0) is 13.6. The highest BCUT2D eigenvalue weighted by atomic mass is 19.1. The lowest BCUT2D eigenvalue weighted by atomic mass is 10.0. The average Bonchev–Trinajstić information content (AvgIpc) is 2.78. The smallest absolute Gasteiger partial charge is 0.169 e. The Balaban J connectivity index is 2.17. The van der Waals surface area contributed by atoms with Crippen LogP contribution in [-0.4, -0.2) is 6.61 Å². The van der Waals surface area contributed by atoms with E-state index in [-0.39, 0.29) is 17.4 Å². The van der Waals surface area contributed by atoms with Crippen molar-refractivity contribution in [2.24, 2.45) is 0 Å². The number of rotatable bonds is 2. The van der Waals surface area contributed by atoms with Crippen molar-refractivity contribution < 1.29 is 13.5 Å². The fraction of sp³-hybridized carbons (Fsp3) is 0.250. The van der Waals surface area contributed by atoms with Crippen molar-refractivity contribution in [2.45, 2.75) is 20.3 Å². The van der Waals surface area contributed by atoms with Gasteiger partial charge in [0.1, 0.15) is 5.82 Å². The molecule has 0 fully saturated rings. The molecule has 0 heterocycles. The van der Waals surface area contributed by atoms with E-state index >= 15 is 0 Å². The second-order valence-electron chi connectivity index (χ2n) is 4.74. The standard InChI is InChI=1S/C16H14F2O/c1-3-19-14-7-6-11-10-5-4-9(2)15(17)12(10)8-13(11)16(14)18/h4-7H,3,8H2,1-2H3. The molecule has 0 unspecified atom stereocenters. The molecule has 0 aromatic heterocycles. The molecular weight excluding hydrogens is 246 g/mol. The van der Waals surface area contributed by atoms with Gasteiger partial charge in [0.2, 0.25) is 0 Å². The predicted molar refractivity (Wildman–Crippen MR) is 70.5 cm³/mol. The molecule has 3 heteroatoms. The monoisotopic (exact) mass is 260 g/mol. The fourth-order valence-electron chi connectivity index (χ4n) is 2.63. The zero-order valence-electron chi connectivity index (χ0n) is 10.9. The van der Waals surface area contributed by atoms with Crippen LogP contribution >= 0.6 is 0 Å². The fourth-order valence-corrected chi connectivity index (χ4v) is 2.63. The molecule has 3 rings (SSSR count). The Morgan fingerprint density at radius 3 is 2.32 bits per heavy atom. The van der Waals surface area contributed by atoms with Gasteiger partial charge in [-0.05, 0) is 36.6 Å². The first-order valence-corrected chi connectivity index (χ1v) is 6.36. The van der Waals surface area contributed by atoms with Crippen LogP contribution in [0.4, 0.5) is 8.78 Å². The van der Waals surface area contributed by atoms with Crippen LogP contribution < -0.4 is 4.74 Å². The largest absolute Gasteiger partial charge is 0.491 e. The lowest BCUT2D eigenvalue weighted by molar-refractivity contribution is 0.320. The molecule has 0 bridgehead atoms. The molecule has 0 atom stereocenters. The quantitative estimate of drug-likeness (QED) is 0.669. The summed E-state index contributed by atoms with van der Waals surface area (Å²) in [6.45, 7) is 3.95. The molecule has 1 nitrogen and oxygen atoms in total. The highest BCUT2D eigenvalue weighted by Gasteiger charge is 2.26. The van der Waals surface area contributed by atoms with Gasteiger partial charge < -0.3 is 4.74 Å². The van der Waals surface area contributed by atoms with E-state index < -0.39 is 0 Å². The molecule has 0 saturated carbocycles. The molecule has 1 aliphatic carbocycles. The van der Waals surface area contributed by atoms with Gasteiger partial charge in [0.15, 0.2) is 11.6 Å². The predicted octanol–water partition coefficient (Wildman–Crippen LogP) is 4.24. The van der Waals surface area contributed by atoms with Gasteiger partial charge >= 0.3 is 0 Å². The number of halogens is 2. The molecule has 0 N–H and O–H groups in total. The molecule has 98 valence electrons. The SMILES string of the molecule is CCOc1ccc2c(c1F)Cc1c-2ccc(C)c1F. The molecule has 0 amide bonds. The Morgan fingerprint density at radius 2 is 1.63 bits per heavy atom. The van der Waals surface area contributed by atoms with Gasteiger partial charge in [-0.15, -0.1) is 0 Å². The third-order valence-corrected chi connectivity index (χ3v) is 3.59. The van der Waals surface area contributed by atoms with Crippen molar-refractivity contribution in [3.05, 3.63) is 52.6 Å². The van der Waals surface area contributed by atoms with Crippen molar-refractivity contribution in [1.29, 1.82) is 0 Å². The lowest BCUT2D eigenvalue weighted by Gasteiger charge is -2.08. The molecule has 2 aromatic carbocycles. The summed E-state index contributed by atoms with van der Waals surface area (Å²) in [5, 5.41) is 0. The van der Waals surface area contributed by atoms with Crippen molar-refractivity contribution >= 4 is 0 Å². The van der Waals surface area contributed by atoms with E-state index in [0.29, 0.717) is 29.7 Å². The summed E-state index contributed by atoms with van der Waals surface area (Å²) < 4.78 is 33.7. The highest BCUT2D eigenvalue weighted by Crippen LogP contribution is 2.42. The molecule has 2 aromatic rings. The van der Waals surface area contributed by atoms with Crippen LogP contribution in [0.5, 0.6) is 5.75 Å². The molecule has 1 aliphatic rings. The van der Waals surface area contributed by atoms with Crippen LogP contribution in [0.1, 0.15) is 23.6 Å². The van der Waals surface area contributed by atoms with Crippen LogP contribution in [0.25, 0.3) is 11.1 Å². The molecule has 0 aliphatic heterocycles. The Kier molecular flexibility index (Phi) is 2.77. The van der Waals surface area contributed by atoms with Gasteiger partial charge in [0.05, 0.1) is 6.61 Å². The maximum absolute atomic E-state index is 14.3. The van der Waals surface area contributed by atoms with E-state index in [1.165, 1.54) is 0 Å². The number of aryl methyl sites for hydroxylation is 1. The molecule has 0 spiro atoms. The average molecular weight is 260 g/mol. The van der Waals surface area contributed by atoms with E-state index in [2.05, 4.69) is 0 Å². The second kappa shape index (κ2) is 4.34. The van der Waals surface area contributed by atoms with E-state index in [0.717, 1.165) is 11.1 Å².